The maximum atomic E-state index is 11.9. The molecule has 1 rings (SSSR count). The van der Waals surface area contributed by atoms with Crippen LogP contribution in [-0.2, 0) is 0 Å². The van der Waals surface area contributed by atoms with Crippen molar-refractivity contribution < 1.29 is 22.6 Å². The van der Waals surface area contributed by atoms with E-state index in [4.69, 9.17) is 4.74 Å². The summed E-state index contributed by atoms with van der Waals surface area (Å²) < 4.78 is 44.8. The molecule has 0 fully saturated rings. The van der Waals surface area contributed by atoms with Gasteiger partial charge in [0.1, 0.15) is 11.5 Å². The molecular formula is C13H16F3O2. The fraction of sp³-hybridized carbons (Fsp3) is 0.462. The zero-order chi connectivity index (χ0) is 13.4. The van der Waals surface area contributed by atoms with Gasteiger partial charge < -0.3 is 9.47 Å². The molecule has 0 spiro atoms. The Hall–Kier alpha value is -1.39. The molecule has 0 aliphatic heterocycles. The fourth-order valence-corrected chi connectivity index (χ4v) is 1.38. The molecule has 0 heterocycles. The van der Waals surface area contributed by atoms with Gasteiger partial charge in [-0.15, -0.1) is 13.2 Å². The van der Waals surface area contributed by atoms with E-state index >= 15 is 0 Å². The summed E-state index contributed by atoms with van der Waals surface area (Å²) in [5.41, 5.74) is 0. The van der Waals surface area contributed by atoms with E-state index in [-0.39, 0.29) is 5.75 Å². The van der Waals surface area contributed by atoms with Crippen molar-refractivity contribution in [1.82, 2.24) is 0 Å². The number of benzene rings is 1. The smallest absolute Gasteiger partial charge is 0.494 e. The highest BCUT2D eigenvalue weighted by atomic mass is 19.4. The molecule has 0 atom stereocenters. The molecule has 0 unspecified atom stereocenters. The second-order valence-electron chi connectivity index (χ2n) is 3.78. The first kappa shape index (κ1) is 14.7. The van der Waals surface area contributed by atoms with E-state index in [1.54, 1.807) is 0 Å². The second kappa shape index (κ2) is 7.13. The number of alkyl halides is 3. The fourth-order valence-electron chi connectivity index (χ4n) is 1.38. The van der Waals surface area contributed by atoms with Crippen molar-refractivity contribution in [3.05, 3.63) is 31.2 Å². The summed E-state index contributed by atoms with van der Waals surface area (Å²) in [5.74, 6) is 0.297. The van der Waals surface area contributed by atoms with Gasteiger partial charge in [0, 0.05) is 0 Å². The van der Waals surface area contributed by atoms with E-state index < -0.39 is 6.36 Å². The predicted molar refractivity (Wildman–Crippen MR) is 62.4 cm³/mol. The van der Waals surface area contributed by atoms with Crippen LogP contribution in [0.5, 0.6) is 11.5 Å². The van der Waals surface area contributed by atoms with Gasteiger partial charge in [0.25, 0.3) is 0 Å². The minimum atomic E-state index is -4.66. The Balaban J connectivity index is 2.32. The van der Waals surface area contributed by atoms with E-state index in [1.165, 1.54) is 24.3 Å². The maximum absolute atomic E-state index is 11.9. The van der Waals surface area contributed by atoms with Crippen molar-refractivity contribution in [1.29, 1.82) is 0 Å². The quantitative estimate of drug-likeness (QED) is 0.679. The van der Waals surface area contributed by atoms with Gasteiger partial charge in [-0.05, 0) is 30.7 Å². The lowest BCUT2D eigenvalue weighted by Gasteiger charge is -2.10. The van der Waals surface area contributed by atoms with Crippen molar-refractivity contribution in [2.24, 2.45) is 0 Å². The highest BCUT2D eigenvalue weighted by Gasteiger charge is 2.30. The molecule has 0 aliphatic rings. The van der Waals surface area contributed by atoms with Crippen LogP contribution in [0.4, 0.5) is 13.2 Å². The lowest BCUT2D eigenvalue weighted by atomic mass is 10.2. The Bertz CT molecular complexity index is 333. The molecule has 0 aromatic heterocycles. The molecule has 1 radical (unpaired) electrons. The molecule has 0 bridgehead atoms. The topological polar surface area (TPSA) is 18.5 Å². The van der Waals surface area contributed by atoms with Crippen LogP contribution in [0.1, 0.15) is 25.7 Å². The monoisotopic (exact) mass is 261 g/mol. The first-order valence-electron chi connectivity index (χ1n) is 5.79. The maximum Gasteiger partial charge on any atom is 0.573 e. The van der Waals surface area contributed by atoms with E-state index in [2.05, 4.69) is 11.7 Å². The van der Waals surface area contributed by atoms with Gasteiger partial charge in [-0.25, -0.2) is 0 Å². The van der Waals surface area contributed by atoms with Gasteiger partial charge in [0.15, 0.2) is 0 Å². The summed E-state index contributed by atoms with van der Waals surface area (Å²) in [6.45, 7) is 4.29. The number of hydrogen-bond donors (Lipinski definition) is 0. The molecular weight excluding hydrogens is 245 g/mol. The Kier molecular flexibility index (Phi) is 5.82. The largest absolute Gasteiger partial charge is 0.573 e. The number of halogens is 3. The summed E-state index contributed by atoms with van der Waals surface area (Å²) in [6, 6.07) is 5.39. The number of unbranched alkanes of at least 4 members (excludes halogenated alkanes) is 3. The molecule has 5 heteroatoms. The van der Waals surface area contributed by atoms with Crippen LogP contribution in [0, 0.1) is 6.92 Å². The Morgan fingerprint density at radius 1 is 0.944 bits per heavy atom. The number of hydrogen-bond acceptors (Lipinski definition) is 2. The highest BCUT2D eigenvalue weighted by Crippen LogP contribution is 2.24. The van der Waals surface area contributed by atoms with Crippen LogP contribution in [0.15, 0.2) is 24.3 Å². The van der Waals surface area contributed by atoms with Crippen LogP contribution in [0.25, 0.3) is 0 Å². The standard InChI is InChI=1S/C13H16F3O2/c1-2-3-4-5-10-17-11-6-8-12(9-7-11)18-13(14,15)16/h6-9H,1-5,10H2. The Morgan fingerprint density at radius 3 is 2.11 bits per heavy atom. The summed E-state index contributed by atoms with van der Waals surface area (Å²) in [5, 5.41) is 0. The summed E-state index contributed by atoms with van der Waals surface area (Å²) >= 11 is 0. The van der Waals surface area contributed by atoms with Gasteiger partial charge in [-0.1, -0.05) is 26.2 Å². The molecule has 0 saturated heterocycles. The SMILES string of the molecule is [CH2]CCCCCOc1ccc(OC(F)(F)F)cc1. The molecule has 0 aliphatic carbocycles. The Labute approximate surface area is 105 Å². The van der Waals surface area contributed by atoms with Crippen LogP contribution in [-0.4, -0.2) is 13.0 Å². The molecule has 1 aromatic carbocycles. The first-order chi connectivity index (χ1) is 8.51. The average molecular weight is 261 g/mol. The van der Waals surface area contributed by atoms with E-state index in [1.807, 2.05) is 0 Å². The lowest BCUT2D eigenvalue weighted by Crippen LogP contribution is -2.16. The highest BCUT2D eigenvalue weighted by molar-refractivity contribution is 5.31. The molecule has 0 saturated carbocycles. The minimum Gasteiger partial charge on any atom is -0.494 e. The third-order valence-electron chi connectivity index (χ3n) is 2.22. The second-order valence-corrected chi connectivity index (χ2v) is 3.78. The van der Waals surface area contributed by atoms with Crippen LogP contribution in [0.3, 0.4) is 0 Å². The minimum absolute atomic E-state index is 0.244. The lowest BCUT2D eigenvalue weighted by molar-refractivity contribution is -0.274. The van der Waals surface area contributed by atoms with Gasteiger partial charge in [0.2, 0.25) is 0 Å². The summed E-state index contributed by atoms with van der Waals surface area (Å²) in [4.78, 5) is 0. The molecule has 101 valence electrons. The molecule has 18 heavy (non-hydrogen) atoms. The zero-order valence-corrected chi connectivity index (χ0v) is 10.0. The number of rotatable bonds is 7. The molecule has 2 nitrogen and oxygen atoms in total. The van der Waals surface area contributed by atoms with Gasteiger partial charge in [-0.2, -0.15) is 0 Å². The third kappa shape index (κ3) is 6.37. The van der Waals surface area contributed by atoms with Crippen molar-refractivity contribution >= 4 is 0 Å². The van der Waals surface area contributed by atoms with Crippen LogP contribution in [0.2, 0.25) is 0 Å². The van der Waals surface area contributed by atoms with E-state index in [0.717, 1.165) is 25.7 Å². The molecule has 0 amide bonds. The van der Waals surface area contributed by atoms with E-state index in [0.29, 0.717) is 12.4 Å². The number of ether oxygens (including phenoxy) is 2. The Morgan fingerprint density at radius 2 is 1.56 bits per heavy atom. The zero-order valence-electron chi connectivity index (χ0n) is 10.0. The van der Waals surface area contributed by atoms with Gasteiger partial charge in [-0.3, -0.25) is 0 Å². The van der Waals surface area contributed by atoms with Crippen molar-refractivity contribution in [3.63, 3.8) is 0 Å². The van der Waals surface area contributed by atoms with Crippen molar-refractivity contribution in [2.75, 3.05) is 6.61 Å². The van der Waals surface area contributed by atoms with E-state index in [9.17, 15) is 13.2 Å². The average Bonchev–Trinajstić information content (AvgIpc) is 2.29. The third-order valence-corrected chi connectivity index (χ3v) is 2.22. The van der Waals surface area contributed by atoms with Gasteiger partial charge >= 0.3 is 6.36 Å². The van der Waals surface area contributed by atoms with Crippen LogP contribution >= 0.6 is 0 Å². The molecule has 0 N–H and O–H groups in total. The summed E-state index contributed by atoms with van der Waals surface area (Å²) in [7, 11) is 0. The van der Waals surface area contributed by atoms with Crippen molar-refractivity contribution in [3.8, 4) is 11.5 Å². The van der Waals surface area contributed by atoms with Crippen LogP contribution < -0.4 is 9.47 Å². The first-order valence-corrected chi connectivity index (χ1v) is 5.79. The van der Waals surface area contributed by atoms with Gasteiger partial charge in [0.05, 0.1) is 6.61 Å². The summed E-state index contributed by atoms with van der Waals surface area (Å²) in [6.07, 6.45) is -0.739. The molecule has 1 aromatic rings. The predicted octanol–water partition coefficient (Wildman–Crippen LogP) is 4.36. The normalized spacial score (nSPS) is 11.3. The van der Waals surface area contributed by atoms with Crippen molar-refractivity contribution in [2.45, 2.75) is 32.0 Å².